The molecule has 0 spiro atoms. The lowest BCUT2D eigenvalue weighted by molar-refractivity contribution is -0.0131. The number of aromatic amines is 1. The van der Waals surface area contributed by atoms with Crippen LogP contribution in [0.4, 0.5) is 11.4 Å². The minimum absolute atomic E-state index is 0.253. The highest BCUT2D eigenvalue weighted by molar-refractivity contribution is 7.74. The van der Waals surface area contributed by atoms with Crippen molar-refractivity contribution >= 4 is 35.8 Å². The van der Waals surface area contributed by atoms with Gasteiger partial charge in [-0.05, 0) is 20.8 Å². The van der Waals surface area contributed by atoms with Crippen LogP contribution in [-0.4, -0.2) is 46.5 Å². The molecule has 0 amide bonds. The predicted octanol–water partition coefficient (Wildman–Crippen LogP) is 1.79. The van der Waals surface area contributed by atoms with Crippen molar-refractivity contribution in [1.82, 2.24) is 9.55 Å². The van der Waals surface area contributed by atoms with Gasteiger partial charge >= 0.3 is 5.69 Å². The van der Waals surface area contributed by atoms with E-state index in [0.29, 0.717) is 21.1 Å². The van der Waals surface area contributed by atoms with Crippen LogP contribution in [0.15, 0.2) is 15.8 Å². The molecule has 8 nitrogen and oxygen atoms in total. The highest BCUT2D eigenvalue weighted by atomic mass is 32.1. The molecule has 0 saturated carbocycles. The Morgan fingerprint density at radius 2 is 2.00 bits per heavy atom. The number of aliphatic hydroxyl groups excluding tert-OH is 1. The van der Waals surface area contributed by atoms with Gasteiger partial charge < -0.3 is 20.1 Å². The Labute approximate surface area is 172 Å². The number of aliphatic hydroxyl groups is 1. The van der Waals surface area contributed by atoms with Crippen LogP contribution >= 0.6 is 24.4 Å². The second-order valence-corrected chi connectivity index (χ2v) is 7.66. The maximum absolute atomic E-state index is 12.1. The standard InChI is InChI=1S/C18H24N4O4S2/c1-4-21(5-2)14-13(15(27)16(14)28)19-7-11-10(23)6-12(26-11)22-8-9(3)17(24)20-18(22)25/h8,10-12,19,23H,4-7H2,1-3H3,(H,20,24,25)/t10-,11+,12+/m0/s1. The molecule has 1 aromatic heterocycles. The molecule has 10 heteroatoms. The van der Waals surface area contributed by atoms with Gasteiger partial charge in [-0.25, -0.2) is 4.79 Å². The maximum Gasteiger partial charge on any atom is 0.330 e. The van der Waals surface area contributed by atoms with Crippen molar-refractivity contribution in [3.8, 4) is 0 Å². The van der Waals surface area contributed by atoms with Crippen LogP contribution in [0.3, 0.4) is 0 Å². The van der Waals surface area contributed by atoms with Crippen molar-refractivity contribution < 1.29 is 9.84 Å². The number of hydrogen-bond acceptors (Lipinski definition) is 8. The molecule has 3 N–H and O–H groups in total. The van der Waals surface area contributed by atoms with Crippen molar-refractivity contribution in [3.63, 3.8) is 0 Å². The second kappa shape index (κ2) is 8.24. The number of ether oxygens (including phenoxy) is 1. The first-order valence-electron chi connectivity index (χ1n) is 9.26. The lowest BCUT2D eigenvalue weighted by Gasteiger charge is -2.28. The summed E-state index contributed by atoms with van der Waals surface area (Å²) >= 11 is 10.7. The largest absolute Gasteiger partial charge is 0.390 e. The van der Waals surface area contributed by atoms with E-state index in [4.69, 9.17) is 29.2 Å². The van der Waals surface area contributed by atoms with E-state index in [1.165, 1.54) is 10.8 Å². The summed E-state index contributed by atoms with van der Waals surface area (Å²) < 4.78 is 8.49. The molecule has 3 atom stereocenters. The first-order valence-corrected chi connectivity index (χ1v) is 10.1. The fourth-order valence-corrected chi connectivity index (χ4v) is 4.06. The quantitative estimate of drug-likeness (QED) is 0.579. The molecule has 0 unspecified atom stereocenters. The number of nitrogens with zero attached hydrogens (tertiary/aromatic N) is 2. The molecule has 1 fully saturated rings. The average Bonchev–Trinajstić information content (AvgIpc) is 3.04. The lowest BCUT2D eigenvalue weighted by Crippen LogP contribution is -2.34. The van der Waals surface area contributed by atoms with Crippen molar-refractivity contribution in [2.24, 2.45) is 0 Å². The fourth-order valence-electron chi connectivity index (χ4n) is 3.46. The van der Waals surface area contributed by atoms with Crippen molar-refractivity contribution in [1.29, 1.82) is 0 Å². The first kappa shape index (κ1) is 20.8. The van der Waals surface area contributed by atoms with E-state index in [2.05, 4.69) is 29.0 Å². The molecule has 1 aliphatic rings. The van der Waals surface area contributed by atoms with Gasteiger partial charge in [0.15, 0.2) is 0 Å². The second-order valence-electron chi connectivity index (χ2n) is 6.85. The Kier molecular flexibility index (Phi) is 6.13. The van der Waals surface area contributed by atoms with Gasteiger partial charge in [-0.15, -0.1) is 0 Å². The molecule has 1 aromatic carbocycles. The zero-order valence-electron chi connectivity index (χ0n) is 16.0. The summed E-state index contributed by atoms with van der Waals surface area (Å²) in [6.45, 7) is 7.68. The molecule has 152 valence electrons. The van der Waals surface area contributed by atoms with Gasteiger partial charge in [0, 0.05) is 37.8 Å². The molecule has 0 bridgehead atoms. The summed E-state index contributed by atoms with van der Waals surface area (Å²) in [4.78, 5) is 28.0. The summed E-state index contributed by atoms with van der Waals surface area (Å²) in [5, 5.41) is 13.6. The molecule has 3 rings (SSSR count). The van der Waals surface area contributed by atoms with Crippen molar-refractivity contribution in [2.75, 3.05) is 29.9 Å². The maximum atomic E-state index is 12.1. The summed E-state index contributed by atoms with van der Waals surface area (Å²) in [5.74, 6) is 0. The topological polar surface area (TPSA) is 99.6 Å². The molecule has 0 aliphatic carbocycles. The summed E-state index contributed by atoms with van der Waals surface area (Å²) in [6, 6.07) is 0. The van der Waals surface area contributed by atoms with Crippen LogP contribution in [0, 0.1) is 15.9 Å². The highest BCUT2D eigenvalue weighted by Gasteiger charge is 2.36. The smallest absolute Gasteiger partial charge is 0.330 e. The van der Waals surface area contributed by atoms with E-state index in [9.17, 15) is 14.7 Å². The Morgan fingerprint density at radius 1 is 1.32 bits per heavy atom. The summed E-state index contributed by atoms with van der Waals surface area (Å²) in [6.07, 6.45) is -0.214. The molecular formula is C18H24N4O4S2. The Balaban J connectivity index is 1.73. The molecule has 2 aromatic rings. The molecule has 2 heterocycles. The van der Waals surface area contributed by atoms with Crippen LogP contribution in [0.1, 0.15) is 32.1 Å². The molecule has 1 aliphatic heterocycles. The lowest BCUT2D eigenvalue weighted by atomic mass is 10.1. The fraction of sp³-hybridized carbons (Fsp3) is 0.556. The van der Waals surface area contributed by atoms with Crippen molar-refractivity contribution in [3.05, 3.63) is 41.6 Å². The Morgan fingerprint density at radius 3 is 2.64 bits per heavy atom. The molecule has 28 heavy (non-hydrogen) atoms. The molecule has 0 radical (unpaired) electrons. The van der Waals surface area contributed by atoms with Crippen LogP contribution < -0.4 is 21.5 Å². The average molecular weight is 425 g/mol. The highest BCUT2D eigenvalue weighted by Crippen LogP contribution is 2.36. The van der Waals surface area contributed by atoms with E-state index >= 15 is 0 Å². The van der Waals surface area contributed by atoms with Gasteiger partial charge in [0.2, 0.25) is 0 Å². The zero-order chi connectivity index (χ0) is 20.6. The Hall–Kier alpha value is -1.88. The van der Waals surface area contributed by atoms with Crippen LogP contribution in [-0.2, 0) is 4.74 Å². The van der Waals surface area contributed by atoms with Crippen molar-refractivity contribution in [2.45, 2.75) is 45.6 Å². The number of anilines is 2. The van der Waals surface area contributed by atoms with Crippen LogP contribution in [0.2, 0.25) is 0 Å². The predicted molar refractivity (Wildman–Crippen MR) is 113 cm³/mol. The van der Waals surface area contributed by atoms with E-state index < -0.39 is 29.7 Å². The number of nitrogens with one attached hydrogen (secondary N) is 2. The summed E-state index contributed by atoms with van der Waals surface area (Å²) in [7, 11) is 0. The normalized spacial score (nSPS) is 21.9. The van der Waals surface area contributed by atoms with Gasteiger partial charge in [-0.2, -0.15) is 0 Å². The van der Waals surface area contributed by atoms with Gasteiger partial charge in [0.05, 0.1) is 26.5 Å². The third-order valence-electron chi connectivity index (χ3n) is 5.11. The molecule has 1 saturated heterocycles. The summed E-state index contributed by atoms with van der Waals surface area (Å²) in [5.41, 5.74) is 1.16. The first-order chi connectivity index (χ1) is 13.3. The van der Waals surface area contributed by atoms with E-state index in [1.807, 2.05) is 0 Å². The van der Waals surface area contributed by atoms with E-state index in [1.54, 1.807) is 6.92 Å². The Bertz CT molecular complexity index is 1050. The molecular weight excluding hydrogens is 400 g/mol. The van der Waals surface area contributed by atoms with Crippen LogP contribution in [0.25, 0.3) is 0 Å². The number of H-pyrrole nitrogens is 1. The van der Waals surface area contributed by atoms with Gasteiger partial charge in [0.25, 0.3) is 5.56 Å². The van der Waals surface area contributed by atoms with E-state index in [-0.39, 0.29) is 6.42 Å². The van der Waals surface area contributed by atoms with Gasteiger partial charge in [-0.3, -0.25) is 14.3 Å². The number of aromatic nitrogens is 2. The number of hydrogen-bond donors (Lipinski definition) is 3. The van der Waals surface area contributed by atoms with Crippen LogP contribution in [0.5, 0.6) is 0 Å². The number of aryl methyl sites for hydroxylation is 1. The monoisotopic (exact) mass is 424 g/mol. The number of rotatable bonds is 7. The third kappa shape index (κ3) is 3.69. The SMILES string of the molecule is CCN(CC)c1c(NC[C@H]2O[C@@H](n3cc(C)c(=O)[nH]c3=O)C[C@@H]2O)c(=S)c1=S. The zero-order valence-corrected chi connectivity index (χ0v) is 17.7. The van der Waals surface area contributed by atoms with E-state index in [0.717, 1.165) is 24.5 Å². The third-order valence-corrected chi connectivity index (χ3v) is 6.04. The van der Waals surface area contributed by atoms with Gasteiger partial charge in [0.1, 0.15) is 12.3 Å². The minimum Gasteiger partial charge on any atom is -0.390 e. The van der Waals surface area contributed by atoms with Gasteiger partial charge in [-0.1, -0.05) is 24.4 Å². The minimum atomic E-state index is -0.755.